The van der Waals surface area contributed by atoms with Gasteiger partial charge in [-0.1, -0.05) is 0 Å². The minimum absolute atomic E-state index is 0.0946. The Bertz CT molecular complexity index is 739. The van der Waals surface area contributed by atoms with Gasteiger partial charge in [0.2, 0.25) is 0 Å². The highest BCUT2D eigenvalue weighted by Gasteiger charge is 2.55. The van der Waals surface area contributed by atoms with Crippen LogP contribution in [-0.2, 0) is 43.9 Å². The second kappa shape index (κ2) is 6.22. The number of nitrogens with zero attached hydrogens (tertiary/aromatic N) is 2. The molecule has 1 saturated carbocycles. The summed E-state index contributed by atoms with van der Waals surface area (Å²) < 4.78 is 0. The van der Waals surface area contributed by atoms with Gasteiger partial charge in [-0.25, -0.2) is 0 Å². The van der Waals surface area contributed by atoms with Crippen molar-refractivity contribution in [3.8, 4) is 0 Å². The minimum Gasteiger partial charge on any atom is -0.481 e. The Kier molecular flexibility index (Phi) is 4.49. The molecular weight excluding hydrogens is 324 g/mol. The van der Waals surface area contributed by atoms with E-state index in [0.29, 0.717) is 0 Å². The second-order valence-electron chi connectivity index (χ2n) is 5.51. The number of aromatic nitrogens is 2. The summed E-state index contributed by atoms with van der Waals surface area (Å²) in [6.45, 7) is 0. The molecule has 0 amide bonds. The fourth-order valence-electron chi connectivity index (χ4n) is 2.44. The maximum absolute atomic E-state index is 11.5. The topological polar surface area (TPSA) is 175 Å². The molecule has 10 heteroatoms. The Balaban J connectivity index is 2.62. The average Bonchev–Trinajstić information content (AvgIpc) is 3.21. The molecule has 0 radical (unpaired) electrons. The Morgan fingerprint density at radius 1 is 0.750 bits per heavy atom. The zero-order chi connectivity index (χ0) is 18.1. The molecule has 0 unspecified atom stereocenters. The molecule has 10 nitrogen and oxygen atoms in total. The molecule has 2 rings (SSSR count). The molecule has 1 heterocycles. The highest BCUT2D eigenvalue weighted by atomic mass is 16.4. The Morgan fingerprint density at radius 3 is 1.54 bits per heavy atom. The van der Waals surface area contributed by atoms with E-state index in [-0.39, 0.29) is 35.6 Å². The van der Waals surface area contributed by atoms with Crippen LogP contribution in [0.1, 0.15) is 35.6 Å². The molecule has 0 atom stereocenters. The number of carboxylic acids is 4. The van der Waals surface area contributed by atoms with E-state index in [2.05, 4.69) is 9.97 Å². The summed E-state index contributed by atoms with van der Waals surface area (Å²) in [5.74, 6) is -5.05. The van der Waals surface area contributed by atoms with Crippen LogP contribution in [0, 0.1) is 0 Å². The van der Waals surface area contributed by atoms with Gasteiger partial charge >= 0.3 is 23.9 Å². The van der Waals surface area contributed by atoms with Gasteiger partial charge in [-0.2, -0.15) is 0 Å². The van der Waals surface area contributed by atoms with Gasteiger partial charge in [-0.05, 0) is 12.8 Å². The summed E-state index contributed by atoms with van der Waals surface area (Å²) in [7, 11) is 0. The molecule has 0 bridgehead atoms. The van der Waals surface area contributed by atoms with Crippen LogP contribution in [0.4, 0.5) is 0 Å². The van der Waals surface area contributed by atoms with Crippen molar-refractivity contribution in [3.63, 3.8) is 0 Å². The summed E-state index contributed by atoms with van der Waals surface area (Å²) >= 11 is 0. The average molecular weight is 338 g/mol. The number of hydrogen-bond donors (Lipinski definition) is 4. The van der Waals surface area contributed by atoms with Gasteiger partial charge < -0.3 is 20.4 Å². The van der Waals surface area contributed by atoms with Gasteiger partial charge in [0, 0.05) is 0 Å². The van der Waals surface area contributed by atoms with Crippen molar-refractivity contribution in [2.45, 2.75) is 37.5 Å². The van der Waals surface area contributed by atoms with Crippen molar-refractivity contribution in [2.24, 2.45) is 0 Å². The third-order valence-electron chi connectivity index (χ3n) is 3.69. The summed E-state index contributed by atoms with van der Waals surface area (Å²) in [4.78, 5) is 52.3. The van der Waals surface area contributed by atoms with Gasteiger partial charge in [-0.3, -0.25) is 29.1 Å². The fraction of sp³-hybridized carbons (Fsp3) is 0.429. The largest absolute Gasteiger partial charge is 0.481 e. The van der Waals surface area contributed by atoms with Crippen molar-refractivity contribution in [2.75, 3.05) is 0 Å². The maximum Gasteiger partial charge on any atom is 0.315 e. The lowest BCUT2D eigenvalue weighted by atomic mass is 9.97. The molecule has 1 aliphatic rings. The smallest absolute Gasteiger partial charge is 0.315 e. The predicted molar refractivity (Wildman–Crippen MR) is 74.6 cm³/mol. The van der Waals surface area contributed by atoms with Crippen LogP contribution >= 0.6 is 0 Å². The van der Waals surface area contributed by atoms with Gasteiger partial charge in [0.15, 0.2) is 0 Å². The molecule has 128 valence electrons. The zero-order valence-corrected chi connectivity index (χ0v) is 12.4. The summed E-state index contributed by atoms with van der Waals surface area (Å²) in [6.07, 6.45) is -1.44. The van der Waals surface area contributed by atoms with Crippen LogP contribution in [0.2, 0.25) is 0 Å². The van der Waals surface area contributed by atoms with Crippen molar-refractivity contribution in [3.05, 3.63) is 22.8 Å². The second-order valence-corrected chi connectivity index (χ2v) is 5.51. The van der Waals surface area contributed by atoms with Crippen LogP contribution in [0.25, 0.3) is 0 Å². The highest BCUT2D eigenvalue weighted by molar-refractivity contribution is 5.85. The number of aliphatic carboxylic acids is 4. The summed E-state index contributed by atoms with van der Waals surface area (Å²) in [6, 6.07) is 0. The minimum atomic E-state index is -1.38. The van der Waals surface area contributed by atoms with E-state index in [9.17, 15) is 24.3 Å². The van der Waals surface area contributed by atoms with Crippen molar-refractivity contribution in [1.82, 2.24) is 9.97 Å². The fourth-order valence-corrected chi connectivity index (χ4v) is 2.44. The third kappa shape index (κ3) is 3.47. The maximum atomic E-state index is 11.5. The summed E-state index contributed by atoms with van der Waals surface area (Å²) in [5, 5.41) is 36.2. The van der Waals surface area contributed by atoms with E-state index in [1.54, 1.807) is 0 Å². The van der Waals surface area contributed by atoms with Crippen LogP contribution in [-0.4, -0.2) is 54.3 Å². The Morgan fingerprint density at radius 2 is 1.17 bits per heavy atom. The first kappa shape index (κ1) is 17.3. The van der Waals surface area contributed by atoms with Crippen LogP contribution in [0.5, 0.6) is 0 Å². The van der Waals surface area contributed by atoms with Crippen LogP contribution in [0.15, 0.2) is 0 Å². The standard InChI is InChI=1S/C14H14N2O8/c17-9(18)3-6-7(4-10(19)20)16-12(8(15-6)5-11(21)22)14(1-2-14)13(23)24/h1-5H2,(H,17,18)(H,19,20)(H,21,22)(H,23,24). The van der Waals surface area contributed by atoms with Gasteiger partial charge in [0.05, 0.1) is 42.0 Å². The lowest BCUT2D eigenvalue weighted by Gasteiger charge is -2.16. The number of carbonyl (C=O) groups is 4. The molecule has 1 fully saturated rings. The lowest BCUT2D eigenvalue weighted by Crippen LogP contribution is -2.27. The van der Waals surface area contributed by atoms with Gasteiger partial charge in [0.25, 0.3) is 0 Å². The summed E-state index contributed by atoms with van der Waals surface area (Å²) in [5.41, 5.74) is -1.96. The SMILES string of the molecule is O=C(O)Cc1nc(CC(=O)O)c(C2(C(=O)O)CC2)nc1CC(=O)O. The first-order chi connectivity index (χ1) is 11.2. The van der Waals surface area contributed by atoms with E-state index in [1.807, 2.05) is 0 Å². The van der Waals surface area contributed by atoms with Crippen molar-refractivity contribution >= 4 is 23.9 Å². The van der Waals surface area contributed by atoms with E-state index in [0.717, 1.165) is 0 Å². The lowest BCUT2D eigenvalue weighted by molar-refractivity contribution is -0.140. The molecular formula is C14H14N2O8. The molecule has 4 N–H and O–H groups in total. The van der Waals surface area contributed by atoms with E-state index in [1.165, 1.54) is 0 Å². The monoisotopic (exact) mass is 338 g/mol. The predicted octanol–water partition coefficient (Wildman–Crippen LogP) is -0.526. The normalized spacial score (nSPS) is 14.8. The Labute approximate surface area is 134 Å². The molecule has 1 aromatic heterocycles. The van der Waals surface area contributed by atoms with Gasteiger partial charge in [-0.15, -0.1) is 0 Å². The van der Waals surface area contributed by atoms with E-state index < -0.39 is 48.6 Å². The van der Waals surface area contributed by atoms with Crippen LogP contribution in [0.3, 0.4) is 0 Å². The zero-order valence-electron chi connectivity index (χ0n) is 12.4. The van der Waals surface area contributed by atoms with Crippen LogP contribution < -0.4 is 0 Å². The van der Waals surface area contributed by atoms with Gasteiger partial charge in [0.1, 0.15) is 5.41 Å². The molecule has 0 aromatic carbocycles. The molecule has 0 spiro atoms. The number of hydrogen-bond acceptors (Lipinski definition) is 6. The highest BCUT2D eigenvalue weighted by Crippen LogP contribution is 2.48. The van der Waals surface area contributed by atoms with Crippen molar-refractivity contribution < 1.29 is 39.6 Å². The first-order valence-corrected chi connectivity index (χ1v) is 6.93. The molecule has 0 aliphatic heterocycles. The first-order valence-electron chi connectivity index (χ1n) is 6.93. The quantitative estimate of drug-likeness (QED) is 0.482. The molecule has 1 aliphatic carbocycles. The number of rotatable bonds is 8. The third-order valence-corrected chi connectivity index (χ3v) is 3.69. The van der Waals surface area contributed by atoms with E-state index >= 15 is 0 Å². The molecule has 1 aromatic rings. The van der Waals surface area contributed by atoms with Crippen molar-refractivity contribution in [1.29, 1.82) is 0 Å². The Hall–Kier alpha value is -3.04. The number of carboxylic acid groups (broad SMARTS) is 4. The molecule has 24 heavy (non-hydrogen) atoms. The molecule has 0 saturated heterocycles. The van der Waals surface area contributed by atoms with E-state index in [4.69, 9.17) is 15.3 Å².